The molecule has 0 atom stereocenters. The largest absolute Gasteiger partial charge is 0.466 e. The molecule has 0 amide bonds. The molecule has 0 spiro atoms. The normalized spacial score (nSPS) is 17.3. The van der Waals surface area contributed by atoms with Gasteiger partial charge in [0.1, 0.15) is 0 Å². The van der Waals surface area contributed by atoms with Gasteiger partial charge in [0.15, 0.2) is 0 Å². The minimum atomic E-state index is -0.0943. The average molecular weight is 252 g/mol. The van der Waals surface area contributed by atoms with Gasteiger partial charge in [-0.2, -0.15) is 0 Å². The number of hydrogen-bond donors (Lipinski definition) is 1. The molecule has 1 aliphatic rings. The Hall–Kier alpha value is -1.05. The number of piperidine rings is 1. The Morgan fingerprint density at radius 2 is 2.22 bits per heavy atom. The third-order valence-corrected chi connectivity index (χ3v) is 3.20. The van der Waals surface area contributed by atoms with Crippen molar-refractivity contribution in [3.05, 3.63) is 0 Å². The molecule has 0 aliphatic carbocycles. The highest BCUT2D eigenvalue weighted by molar-refractivity contribution is 5.69. The molecule has 4 nitrogen and oxygen atoms in total. The van der Waals surface area contributed by atoms with Gasteiger partial charge in [-0.15, -0.1) is 6.42 Å². The van der Waals surface area contributed by atoms with Crippen LogP contribution in [0.1, 0.15) is 32.6 Å². The van der Waals surface area contributed by atoms with Gasteiger partial charge in [0.05, 0.1) is 13.2 Å². The summed E-state index contributed by atoms with van der Waals surface area (Å²) in [5.74, 6) is 2.59. The first-order valence-corrected chi connectivity index (χ1v) is 6.81. The lowest BCUT2D eigenvalue weighted by atomic mass is 10.0. The van der Waals surface area contributed by atoms with Crippen LogP contribution < -0.4 is 5.32 Å². The van der Waals surface area contributed by atoms with Crippen LogP contribution in [0.3, 0.4) is 0 Å². The zero-order valence-electron chi connectivity index (χ0n) is 11.3. The second-order valence-electron chi connectivity index (χ2n) is 4.62. The standard InChI is InChI=1S/C14H24N2O2/c1-3-10-16-11-7-13(8-12-16)15-9-5-6-14(17)18-4-2/h1,13,15H,4-12H2,2H3. The first kappa shape index (κ1) is 15.0. The first-order valence-electron chi connectivity index (χ1n) is 6.81. The number of nitrogens with one attached hydrogen (secondary N) is 1. The third-order valence-electron chi connectivity index (χ3n) is 3.20. The summed E-state index contributed by atoms with van der Waals surface area (Å²) in [7, 11) is 0. The molecule has 18 heavy (non-hydrogen) atoms. The summed E-state index contributed by atoms with van der Waals surface area (Å²) in [5.41, 5.74) is 0. The van der Waals surface area contributed by atoms with Crippen molar-refractivity contribution in [1.82, 2.24) is 10.2 Å². The summed E-state index contributed by atoms with van der Waals surface area (Å²) in [4.78, 5) is 13.4. The molecule has 1 N–H and O–H groups in total. The highest BCUT2D eigenvalue weighted by atomic mass is 16.5. The van der Waals surface area contributed by atoms with Crippen LogP contribution in [0.4, 0.5) is 0 Å². The molecular weight excluding hydrogens is 228 g/mol. The number of ether oxygens (including phenoxy) is 1. The minimum absolute atomic E-state index is 0.0943. The molecule has 1 rings (SSSR count). The molecule has 0 radical (unpaired) electrons. The molecule has 1 fully saturated rings. The van der Waals surface area contributed by atoms with E-state index in [2.05, 4.69) is 16.1 Å². The fourth-order valence-electron chi connectivity index (χ4n) is 2.20. The highest BCUT2D eigenvalue weighted by Crippen LogP contribution is 2.09. The topological polar surface area (TPSA) is 41.6 Å². The molecule has 0 aromatic rings. The Bertz CT molecular complexity index is 278. The van der Waals surface area contributed by atoms with Gasteiger partial charge in [0.2, 0.25) is 0 Å². The van der Waals surface area contributed by atoms with E-state index < -0.39 is 0 Å². The van der Waals surface area contributed by atoms with Crippen molar-refractivity contribution in [2.45, 2.75) is 38.6 Å². The molecule has 4 heteroatoms. The molecule has 0 saturated carbocycles. The molecule has 1 saturated heterocycles. The number of carbonyl (C=O) groups excluding carboxylic acids is 1. The third kappa shape index (κ3) is 6.04. The van der Waals surface area contributed by atoms with Crippen LogP contribution in [-0.4, -0.2) is 49.7 Å². The second-order valence-corrected chi connectivity index (χ2v) is 4.62. The lowest BCUT2D eigenvalue weighted by Crippen LogP contribution is -2.42. The Balaban J connectivity index is 2.01. The summed E-state index contributed by atoms with van der Waals surface area (Å²) in [5, 5.41) is 3.50. The number of terminal acetylenes is 1. The summed E-state index contributed by atoms with van der Waals surface area (Å²) in [6.45, 7) is 6.09. The number of rotatable bonds is 7. The van der Waals surface area contributed by atoms with E-state index in [9.17, 15) is 4.79 Å². The monoisotopic (exact) mass is 252 g/mol. The predicted octanol–water partition coefficient (Wildman–Crippen LogP) is 1.02. The maximum Gasteiger partial charge on any atom is 0.305 e. The number of esters is 1. The quantitative estimate of drug-likeness (QED) is 0.417. The maximum atomic E-state index is 11.1. The predicted molar refractivity (Wildman–Crippen MR) is 72.2 cm³/mol. The van der Waals surface area contributed by atoms with Gasteiger partial charge in [-0.1, -0.05) is 5.92 Å². The van der Waals surface area contributed by atoms with E-state index in [1.54, 1.807) is 0 Å². The fourth-order valence-corrected chi connectivity index (χ4v) is 2.20. The Kier molecular flexibility index (Phi) is 7.47. The van der Waals surface area contributed by atoms with Gasteiger partial charge in [0, 0.05) is 25.6 Å². The van der Waals surface area contributed by atoms with Gasteiger partial charge in [-0.3, -0.25) is 9.69 Å². The Morgan fingerprint density at radius 1 is 1.50 bits per heavy atom. The number of nitrogens with zero attached hydrogens (tertiary/aromatic N) is 1. The van der Waals surface area contributed by atoms with Crippen molar-refractivity contribution < 1.29 is 9.53 Å². The highest BCUT2D eigenvalue weighted by Gasteiger charge is 2.17. The molecule has 0 unspecified atom stereocenters. The van der Waals surface area contributed by atoms with E-state index in [-0.39, 0.29) is 5.97 Å². The molecule has 1 aliphatic heterocycles. The number of likely N-dealkylation sites (tertiary alicyclic amines) is 1. The first-order chi connectivity index (χ1) is 8.76. The van der Waals surface area contributed by atoms with Crippen molar-refractivity contribution in [3.8, 4) is 12.3 Å². The van der Waals surface area contributed by atoms with Crippen molar-refractivity contribution >= 4 is 5.97 Å². The lowest BCUT2D eigenvalue weighted by Gasteiger charge is -2.31. The van der Waals surface area contributed by atoms with Gasteiger partial charge in [-0.05, 0) is 32.7 Å². The zero-order chi connectivity index (χ0) is 13.2. The Morgan fingerprint density at radius 3 is 2.83 bits per heavy atom. The van der Waals surface area contributed by atoms with Crippen molar-refractivity contribution in [2.24, 2.45) is 0 Å². The SMILES string of the molecule is C#CCN1CCC(NCCCC(=O)OCC)CC1. The van der Waals surface area contributed by atoms with Crippen LogP contribution in [0.2, 0.25) is 0 Å². The van der Waals surface area contributed by atoms with Crippen molar-refractivity contribution in [2.75, 3.05) is 32.8 Å². The van der Waals surface area contributed by atoms with Crippen LogP contribution in [0, 0.1) is 12.3 Å². The fraction of sp³-hybridized carbons (Fsp3) is 0.786. The van der Waals surface area contributed by atoms with Gasteiger partial charge in [0.25, 0.3) is 0 Å². The van der Waals surface area contributed by atoms with Crippen LogP contribution in [0.15, 0.2) is 0 Å². The molecule has 102 valence electrons. The van der Waals surface area contributed by atoms with Gasteiger partial charge >= 0.3 is 5.97 Å². The van der Waals surface area contributed by atoms with E-state index in [4.69, 9.17) is 11.2 Å². The average Bonchev–Trinajstić information content (AvgIpc) is 2.37. The van der Waals surface area contributed by atoms with E-state index in [0.717, 1.165) is 45.4 Å². The molecule has 0 bridgehead atoms. The van der Waals surface area contributed by atoms with E-state index >= 15 is 0 Å². The smallest absolute Gasteiger partial charge is 0.305 e. The summed E-state index contributed by atoms with van der Waals surface area (Å²) in [6.07, 6.45) is 8.94. The number of hydrogen-bond acceptors (Lipinski definition) is 4. The van der Waals surface area contributed by atoms with Crippen LogP contribution in [-0.2, 0) is 9.53 Å². The lowest BCUT2D eigenvalue weighted by molar-refractivity contribution is -0.143. The van der Waals surface area contributed by atoms with Gasteiger partial charge in [-0.25, -0.2) is 0 Å². The molecule has 0 aromatic heterocycles. The summed E-state index contributed by atoms with van der Waals surface area (Å²) in [6, 6.07) is 0.571. The van der Waals surface area contributed by atoms with Crippen LogP contribution in [0.25, 0.3) is 0 Å². The van der Waals surface area contributed by atoms with Gasteiger partial charge < -0.3 is 10.1 Å². The molecular formula is C14H24N2O2. The minimum Gasteiger partial charge on any atom is -0.466 e. The number of carbonyl (C=O) groups is 1. The molecule has 0 aromatic carbocycles. The van der Waals surface area contributed by atoms with E-state index in [1.807, 2.05) is 6.92 Å². The van der Waals surface area contributed by atoms with Crippen LogP contribution >= 0.6 is 0 Å². The second kappa shape index (κ2) is 8.96. The van der Waals surface area contributed by atoms with Crippen LogP contribution in [0.5, 0.6) is 0 Å². The zero-order valence-corrected chi connectivity index (χ0v) is 11.3. The summed E-state index contributed by atoms with van der Waals surface area (Å²) >= 11 is 0. The Labute approximate surface area is 110 Å². The van der Waals surface area contributed by atoms with E-state index in [1.165, 1.54) is 0 Å². The van der Waals surface area contributed by atoms with Crippen molar-refractivity contribution in [1.29, 1.82) is 0 Å². The van der Waals surface area contributed by atoms with Crippen molar-refractivity contribution in [3.63, 3.8) is 0 Å². The maximum absolute atomic E-state index is 11.1. The molecule has 1 heterocycles. The van der Waals surface area contributed by atoms with E-state index in [0.29, 0.717) is 19.1 Å². The summed E-state index contributed by atoms with van der Waals surface area (Å²) < 4.78 is 4.88.